The van der Waals surface area contributed by atoms with Gasteiger partial charge in [0.25, 0.3) is 5.91 Å². The standard InChI is InChI=1S/C46H66ClN5O5S/c1-31-9-7-10-35(25-49-19-20-50-21-22-51(28-38(50)27-49)44(54)57-45(3,4)5)39-15-12-36(39)26-52-29-46(18-8-11-33-23-37(47)14-16-40(33)46)30-56-42-17-13-34(24-41(42)52)43(53)48-58(6,55)32(31)2/h13-14,16-17,23-24,31-32,35-36,38-39H,6-12,15,18-22,25-30H2,1-5H3,(H,48,53,55)/t31-,32+,35+,36-,38-,39-,46-,58?/m0/s1. The summed E-state index contributed by atoms with van der Waals surface area (Å²) in [6.07, 6.45) is 8.39. The van der Waals surface area contributed by atoms with E-state index in [1.165, 1.54) is 24.0 Å². The third kappa shape index (κ3) is 8.75. The van der Waals surface area contributed by atoms with Gasteiger partial charge in [-0.05, 0) is 144 Å². The van der Waals surface area contributed by atoms with Gasteiger partial charge >= 0.3 is 6.09 Å². The van der Waals surface area contributed by atoms with Gasteiger partial charge in [0.05, 0.1) is 22.0 Å². The van der Waals surface area contributed by atoms with E-state index in [0.717, 1.165) is 101 Å². The molecule has 2 amide bonds. The second kappa shape index (κ2) is 16.5. The lowest BCUT2D eigenvalue weighted by molar-refractivity contribution is -0.0225. The molecule has 1 unspecified atom stereocenters. The number of nitrogens with zero attached hydrogens (tertiary/aromatic N) is 4. The zero-order valence-electron chi connectivity index (χ0n) is 35.5. The van der Waals surface area contributed by atoms with Crippen LogP contribution in [0.2, 0.25) is 5.02 Å². The number of halogens is 1. The van der Waals surface area contributed by atoms with E-state index in [1.54, 1.807) is 0 Å². The van der Waals surface area contributed by atoms with E-state index < -0.39 is 15.3 Å². The molecule has 2 aliphatic carbocycles. The topological polar surface area (TPSA) is 94.7 Å². The molecule has 0 radical (unpaired) electrons. The summed E-state index contributed by atoms with van der Waals surface area (Å²) in [5, 5.41) is 0.501. The van der Waals surface area contributed by atoms with Gasteiger partial charge in [-0.2, -0.15) is 0 Å². The van der Waals surface area contributed by atoms with Crippen LogP contribution in [0.1, 0.15) is 101 Å². The van der Waals surface area contributed by atoms with Gasteiger partial charge in [0, 0.05) is 86.2 Å². The SMILES string of the molecule is C=S1(=O)NC(=O)c2ccc3c(c2)N(C[C@@H]2CC[C@H]2[C@@H](CN2CCN4CCN(C(=O)OC(C)(C)C)C[C@@H]4C2)CCC[C@H](C)[C@H]1C)C[C@@]1(CCCc2cc(Cl)ccc21)CO3. The predicted molar refractivity (Wildman–Crippen MR) is 235 cm³/mol. The summed E-state index contributed by atoms with van der Waals surface area (Å²) in [6.45, 7) is 18.6. The Morgan fingerprint density at radius 1 is 1.02 bits per heavy atom. The van der Waals surface area contributed by atoms with Crippen LogP contribution in [0.3, 0.4) is 0 Å². The Labute approximate surface area is 352 Å². The van der Waals surface area contributed by atoms with Crippen LogP contribution in [0.5, 0.6) is 5.75 Å². The summed E-state index contributed by atoms with van der Waals surface area (Å²) in [5.41, 5.74) is 3.35. The Bertz CT molecular complexity index is 1970. The molecule has 0 aromatic heterocycles. The van der Waals surface area contributed by atoms with Gasteiger partial charge < -0.3 is 24.2 Å². The van der Waals surface area contributed by atoms with Crippen molar-refractivity contribution in [2.75, 3.05) is 70.4 Å². The molecule has 58 heavy (non-hydrogen) atoms. The molecule has 1 spiro atoms. The van der Waals surface area contributed by atoms with Gasteiger partial charge in [0.1, 0.15) is 11.4 Å². The molecule has 2 saturated heterocycles. The second-order valence-corrected chi connectivity index (χ2v) is 22.5. The lowest BCUT2D eigenvalue weighted by Crippen LogP contribution is -2.63. The van der Waals surface area contributed by atoms with Crippen LogP contribution in [0.25, 0.3) is 0 Å². The van der Waals surface area contributed by atoms with Crippen molar-refractivity contribution in [3.63, 3.8) is 0 Å². The zero-order chi connectivity index (χ0) is 41.0. The molecule has 2 aromatic rings. The fourth-order valence-corrected chi connectivity index (χ4v) is 12.8. The Kier molecular flexibility index (Phi) is 11.8. The summed E-state index contributed by atoms with van der Waals surface area (Å²) < 4.78 is 29.5. The van der Waals surface area contributed by atoms with E-state index in [2.05, 4.69) is 44.3 Å². The Morgan fingerprint density at radius 2 is 1.83 bits per heavy atom. The number of carbonyl (C=O) groups excluding carboxylic acids is 2. The number of benzene rings is 2. The highest BCUT2D eigenvalue weighted by molar-refractivity contribution is 7.99. The smallest absolute Gasteiger partial charge is 0.410 e. The number of hydrogen-bond acceptors (Lipinski definition) is 8. The summed E-state index contributed by atoms with van der Waals surface area (Å²) in [7, 11) is -2.92. The van der Waals surface area contributed by atoms with Crippen LogP contribution in [0, 0.1) is 23.7 Å². The van der Waals surface area contributed by atoms with E-state index in [1.807, 2.05) is 56.9 Å². The fourth-order valence-electron chi connectivity index (χ4n) is 11.1. The summed E-state index contributed by atoms with van der Waals surface area (Å²) >= 11 is 6.54. The first-order valence-corrected chi connectivity index (χ1v) is 24.2. The molecule has 2 bridgehead atoms. The highest BCUT2D eigenvalue weighted by Gasteiger charge is 2.45. The van der Waals surface area contributed by atoms with Gasteiger partial charge in [0.2, 0.25) is 0 Å². The molecule has 4 heterocycles. The average molecular weight is 837 g/mol. The number of fused-ring (bicyclic) bond motifs is 5. The quantitative estimate of drug-likeness (QED) is 0.316. The molecule has 10 nitrogen and oxygen atoms in total. The van der Waals surface area contributed by atoms with Crippen molar-refractivity contribution in [3.05, 3.63) is 58.1 Å². The first-order chi connectivity index (χ1) is 27.6. The van der Waals surface area contributed by atoms with Crippen LogP contribution in [0.15, 0.2) is 36.4 Å². The third-order valence-corrected chi connectivity index (χ3v) is 17.1. The fraction of sp³-hybridized carbons (Fsp3) is 0.674. The van der Waals surface area contributed by atoms with Crippen LogP contribution < -0.4 is 14.4 Å². The van der Waals surface area contributed by atoms with Gasteiger partial charge in [-0.25, -0.2) is 9.00 Å². The van der Waals surface area contributed by atoms with E-state index >= 15 is 0 Å². The maximum absolute atomic E-state index is 14.1. The van der Waals surface area contributed by atoms with Crippen LogP contribution in [0.4, 0.5) is 10.5 Å². The minimum Gasteiger partial charge on any atom is -0.490 e. The van der Waals surface area contributed by atoms with Gasteiger partial charge in [-0.15, -0.1) is 0 Å². The number of aryl methyl sites for hydroxylation is 1. The molecule has 4 aliphatic heterocycles. The molecular weight excluding hydrogens is 770 g/mol. The molecule has 3 fully saturated rings. The minimum absolute atomic E-state index is 0.140. The number of amides is 2. The number of nitrogens with one attached hydrogen (secondary N) is 1. The van der Waals surface area contributed by atoms with Crippen molar-refractivity contribution < 1.29 is 23.3 Å². The molecule has 1 N–H and O–H groups in total. The summed E-state index contributed by atoms with van der Waals surface area (Å²) in [6, 6.07) is 12.4. The Morgan fingerprint density at radius 3 is 2.60 bits per heavy atom. The van der Waals surface area contributed by atoms with Crippen LogP contribution >= 0.6 is 11.6 Å². The minimum atomic E-state index is -2.92. The van der Waals surface area contributed by atoms with Crippen molar-refractivity contribution in [1.82, 2.24) is 19.4 Å². The molecule has 1 saturated carbocycles. The number of piperazine rings is 2. The monoisotopic (exact) mass is 835 g/mol. The molecule has 12 heteroatoms. The zero-order valence-corrected chi connectivity index (χ0v) is 37.1. The maximum Gasteiger partial charge on any atom is 0.410 e. The first kappa shape index (κ1) is 41.7. The van der Waals surface area contributed by atoms with Crippen molar-refractivity contribution in [1.29, 1.82) is 0 Å². The summed E-state index contributed by atoms with van der Waals surface area (Å²) in [5.74, 6) is 6.32. The molecule has 318 valence electrons. The largest absolute Gasteiger partial charge is 0.490 e. The molecule has 6 aliphatic rings. The van der Waals surface area contributed by atoms with E-state index in [0.29, 0.717) is 49.1 Å². The van der Waals surface area contributed by atoms with Gasteiger partial charge in [-0.3, -0.25) is 14.4 Å². The summed E-state index contributed by atoms with van der Waals surface area (Å²) in [4.78, 5) is 36.7. The number of hydrogen-bond donors (Lipinski definition) is 1. The normalized spacial score (nSPS) is 33.7. The Hall–Kier alpha value is -2.99. The van der Waals surface area contributed by atoms with Crippen molar-refractivity contribution in [2.45, 2.75) is 108 Å². The lowest BCUT2D eigenvalue weighted by atomic mass is 9.65. The van der Waals surface area contributed by atoms with Crippen molar-refractivity contribution in [2.24, 2.45) is 23.7 Å². The van der Waals surface area contributed by atoms with Gasteiger partial charge in [0.15, 0.2) is 0 Å². The predicted octanol–water partition coefficient (Wildman–Crippen LogP) is 7.26. The highest BCUT2D eigenvalue weighted by atomic mass is 35.5. The maximum atomic E-state index is 14.1. The molecule has 8 atom stereocenters. The number of ether oxygens (including phenoxy) is 2. The average Bonchev–Trinajstić information content (AvgIpc) is 3.31. The molecular formula is C46H66ClN5O5S. The van der Waals surface area contributed by atoms with Gasteiger partial charge in [-0.1, -0.05) is 31.0 Å². The molecule has 8 rings (SSSR count). The number of rotatable bonds is 2. The lowest BCUT2D eigenvalue weighted by Gasteiger charge is -2.50. The first-order valence-electron chi connectivity index (χ1n) is 22.0. The van der Waals surface area contributed by atoms with Crippen LogP contribution in [-0.2, 0) is 26.3 Å². The van der Waals surface area contributed by atoms with Crippen molar-refractivity contribution >= 4 is 44.9 Å². The number of anilines is 1. The Balaban J connectivity index is 1.08. The van der Waals surface area contributed by atoms with E-state index in [9.17, 15) is 13.8 Å². The molecule has 2 aromatic carbocycles. The van der Waals surface area contributed by atoms with E-state index in [-0.39, 0.29) is 28.6 Å². The number of carbonyl (C=O) groups is 2. The second-order valence-electron chi connectivity index (χ2n) is 19.7. The van der Waals surface area contributed by atoms with Crippen molar-refractivity contribution in [3.8, 4) is 5.75 Å². The highest BCUT2D eigenvalue weighted by Crippen LogP contribution is 2.48. The third-order valence-electron chi connectivity index (χ3n) is 14.7. The van der Waals surface area contributed by atoms with Crippen LogP contribution in [-0.4, -0.2) is 119 Å². The van der Waals surface area contributed by atoms with E-state index in [4.69, 9.17) is 21.1 Å².